The highest BCUT2D eigenvalue weighted by Gasteiger charge is 2.34. The van der Waals surface area contributed by atoms with E-state index in [0.717, 1.165) is 34.6 Å². The van der Waals surface area contributed by atoms with E-state index in [1.807, 2.05) is 7.05 Å². The molecule has 1 aliphatic carbocycles. The topological polar surface area (TPSA) is 63.7 Å². The molecule has 158 valence electrons. The number of rotatable bonds is 6. The first-order valence-corrected chi connectivity index (χ1v) is 10.6. The smallest absolute Gasteiger partial charge is 0.259 e. The van der Waals surface area contributed by atoms with E-state index in [9.17, 15) is 9.18 Å². The van der Waals surface area contributed by atoms with Crippen molar-refractivity contribution in [3.8, 4) is 11.5 Å². The van der Waals surface area contributed by atoms with Gasteiger partial charge in [-0.1, -0.05) is 17.4 Å². The summed E-state index contributed by atoms with van der Waals surface area (Å²) >= 11 is 1.46. The first-order chi connectivity index (χ1) is 14.5. The molecule has 1 aromatic heterocycles. The Labute approximate surface area is 178 Å². The van der Waals surface area contributed by atoms with Gasteiger partial charge in [-0.05, 0) is 49.6 Å². The van der Waals surface area contributed by atoms with Crippen molar-refractivity contribution in [1.29, 1.82) is 0 Å². The number of carbonyl (C=O) groups is 1. The molecule has 1 aliphatic rings. The third-order valence-electron chi connectivity index (χ3n) is 5.59. The van der Waals surface area contributed by atoms with Crippen LogP contribution in [-0.4, -0.2) is 44.2 Å². The van der Waals surface area contributed by atoms with E-state index in [0.29, 0.717) is 17.1 Å². The average molecular weight is 430 g/mol. The number of hydrogen-bond acceptors (Lipinski definition) is 6. The van der Waals surface area contributed by atoms with Crippen LogP contribution in [0.25, 0.3) is 10.2 Å². The maximum Gasteiger partial charge on any atom is 0.259 e. The lowest BCUT2D eigenvalue weighted by Crippen LogP contribution is -2.47. The fraction of sp³-hybridized carbons (Fsp3) is 0.364. The van der Waals surface area contributed by atoms with Crippen molar-refractivity contribution >= 4 is 32.6 Å². The van der Waals surface area contributed by atoms with E-state index in [4.69, 9.17) is 9.47 Å². The van der Waals surface area contributed by atoms with E-state index in [-0.39, 0.29) is 23.8 Å². The predicted molar refractivity (Wildman–Crippen MR) is 116 cm³/mol. The summed E-state index contributed by atoms with van der Waals surface area (Å²) in [6.07, 6.45) is 2.81. The molecular formula is C22H24FN3O3S. The minimum atomic E-state index is -0.267. The number of halogens is 1. The Morgan fingerprint density at radius 1 is 1.20 bits per heavy atom. The zero-order valence-electron chi connectivity index (χ0n) is 17.1. The third-order valence-corrected chi connectivity index (χ3v) is 6.70. The number of amides is 1. The van der Waals surface area contributed by atoms with Crippen LogP contribution in [0.2, 0.25) is 0 Å². The monoisotopic (exact) mass is 429 g/mol. The zero-order chi connectivity index (χ0) is 21.3. The van der Waals surface area contributed by atoms with Gasteiger partial charge in [0.25, 0.3) is 5.91 Å². The number of carbonyl (C=O) groups excluding carboxylic acids is 1. The molecule has 1 saturated carbocycles. The van der Waals surface area contributed by atoms with E-state index in [2.05, 4.69) is 15.2 Å². The second-order valence-electron chi connectivity index (χ2n) is 7.34. The van der Waals surface area contributed by atoms with Crippen LogP contribution < -0.4 is 19.7 Å². The molecule has 0 saturated heterocycles. The van der Waals surface area contributed by atoms with Gasteiger partial charge in [0.1, 0.15) is 22.9 Å². The summed E-state index contributed by atoms with van der Waals surface area (Å²) in [4.78, 5) is 19.8. The molecule has 1 N–H and O–H groups in total. The number of thiazole rings is 1. The number of nitrogens with one attached hydrogen (secondary N) is 1. The van der Waals surface area contributed by atoms with Crippen molar-refractivity contribution in [1.82, 2.24) is 10.3 Å². The molecule has 2 aromatic carbocycles. The number of nitrogens with zero attached hydrogens (tertiary/aromatic N) is 2. The van der Waals surface area contributed by atoms with Crippen LogP contribution in [0, 0.1) is 5.82 Å². The minimum absolute atomic E-state index is 0.0409. The molecule has 1 heterocycles. The Morgan fingerprint density at radius 2 is 1.93 bits per heavy atom. The van der Waals surface area contributed by atoms with Crippen LogP contribution in [0.5, 0.6) is 11.5 Å². The fourth-order valence-electron chi connectivity index (χ4n) is 4.07. The molecule has 30 heavy (non-hydrogen) atoms. The van der Waals surface area contributed by atoms with Crippen molar-refractivity contribution in [3.63, 3.8) is 0 Å². The first-order valence-electron chi connectivity index (χ1n) is 9.82. The van der Waals surface area contributed by atoms with Gasteiger partial charge in [0, 0.05) is 13.1 Å². The van der Waals surface area contributed by atoms with Gasteiger partial charge in [0.05, 0.1) is 30.5 Å². The van der Waals surface area contributed by atoms with Gasteiger partial charge in [0.15, 0.2) is 5.13 Å². The Balaban J connectivity index is 1.55. The zero-order valence-corrected chi connectivity index (χ0v) is 18.0. The number of ether oxygens (including phenoxy) is 2. The quantitative estimate of drug-likeness (QED) is 0.635. The van der Waals surface area contributed by atoms with E-state index >= 15 is 0 Å². The van der Waals surface area contributed by atoms with Gasteiger partial charge in [-0.3, -0.25) is 4.79 Å². The average Bonchev–Trinajstić information content (AvgIpc) is 3.38. The molecular weight excluding hydrogens is 405 g/mol. The lowest BCUT2D eigenvalue weighted by atomic mass is 10.1. The highest BCUT2D eigenvalue weighted by Crippen LogP contribution is 2.34. The second-order valence-corrected chi connectivity index (χ2v) is 8.34. The van der Waals surface area contributed by atoms with Crippen LogP contribution in [0.3, 0.4) is 0 Å². The highest BCUT2D eigenvalue weighted by molar-refractivity contribution is 7.22. The van der Waals surface area contributed by atoms with Crippen LogP contribution >= 0.6 is 11.3 Å². The van der Waals surface area contributed by atoms with Gasteiger partial charge in [-0.25, -0.2) is 9.37 Å². The lowest BCUT2D eigenvalue weighted by Gasteiger charge is -2.30. The predicted octanol–water partition coefficient (Wildman–Crippen LogP) is 4.24. The molecule has 0 spiro atoms. The maximum atomic E-state index is 13.5. The summed E-state index contributed by atoms with van der Waals surface area (Å²) < 4.78 is 25.1. The number of aromatic nitrogens is 1. The second kappa shape index (κ2) is 8.47. The minimum Gasteiger partial charge on any atom is -0.496 e. The van der Waals surface area contributed by atoms with E-state index in [1.54, 1.807) is 24.3 Å². The van der Waals surface area contributed by atoms with Crippen LogP contribution in [0.15, 0.2) is 36.4 Å². The molecule has 1 amide bonds. The Hall–Kier alpha value is -2.87. The van der Waals surface area contributed by atoms with Crippen LogP contribution in [0.4, 0.5) is 9.52 Å². The Kier molecular flexibility index (Phi) is 5.76. The molecule has 4 rings (SSSR count). The van der Waals surface area contributed by atoms with Crippen molar-refractivity contribution < 1.29 is 18.7 Å². The first kappa shape index (κ1) is 20.4. The number of anilines is 1. The van der Waals surface area contributed by atoms with Crippen molar-refractivity contribution in [2.75, 3.05) is 26.2 Å². The number of methoxy groups -OCH3 is 2. The molecule has 0 unspecified atom stereocenters. The summed E-state index contributed by atoms with van der Waals surface area (Å²) in [5.41, 5.74) is 1.17. The fourth-order valence-corrected chi connectivity index (χ4v) is 5.08. The van der Waals surface area contributed by atoms with Crippen LogP contribution in [0.1, 0.15) is 29.6 Å². The Bertz CT molecular complexity index is 1050. The van der Waals surface area contributed by atoms with Crippen molar-refractivity contribution in [2.45, 2.75) is 31.3 Å². The summed E-state index contributed by atoms with van der Waals surface area (Å²) in [6, 6.07) is 9.96. The van der Waals surface area contributed by atoms with Crippen molar-refractivity contribution in [2.24, 2.45) is 0 Å². The lowest BCUT2D eigenvalue weighted by molar-refractivity contribution is 0.0928. The summed E-state index contributed by atoms with van der Waals surface area (Å²) in [5, 5.41) is 3.98. The number of hydrogen-bond donors (Lipinski definition) is 1. The third kappa shape index (κ3) is 3.79. The number of likely N-dealkylation sites (N-methyl/N-ethyl adjacent to an activating group) is 1. The van der Waals surface area contributed by atoms with Gasteiger partial charge in [0.2, 0.25) is 0 Å². The van der Waals surface area contributed by atoms with Crippen molar-refractivity contribution in [3.05, 3.63) is 47.8 Å². The molecule has 0 bridgehead atoms. The van der Waals surface area contributed by atoms with E-state index < -0.39 is 0 Å². The Morgan fingerprint density at radius 3 is 2.63 bits per heavy atom. The SMILES string of the molecule is COc1cccc(OC)c1C(=O)N[C@H]1CCC[C@H]1N(C)c1nc2ccc(F)cc2s1. The van der Waals surface area contributed by atoms with Gasteiger partial charge < -0.3 is 19.7 Å². The molecule has 2 atom stereocenters. The maximum absolute atomic E-state index is 13.5. The van der Waals surface area contributed by atoms with E-state index in [1.165, 1.54) is 37.7 Å². The molecule has 0 aliphatic heterocycles. The summed E-state index contributed by atoms with van der Waals surface area (Å²) in [5.74, 6) is 0.462. The number of benzene rings is 2. The van der Waals surface area contributed by atoms with Crippen LogP contribution in [-0.2, 0) is 0 Å². The molecule has 3 aromatic rings. The van der Waals surface area contributed by atoms with Gasteiger partial charge in [-0.2, -0.15) is 0 Å². The van der Waals surface area contributed by atoms with Gasteiger partial charge in [-0.15, -0.1) is 0 Å². The summed E-state index contributed by atoms with van der Waals surface area (Å²) in [6.45, 7) is 0. The highest BCUT2D eigenvalue weighted by atomic mass is 32.1. The van der Waals surface area contributed by atoms with Gasteiger partial charge >= 0.3 is 0 Å². The standard InChI is InChI=1S/C22H24FN3O3S/c1-26(22-25-15-11-10-13(23)12-19(15)30-22)16-7-4-6-14(16)24-21(27)20-17(28-2)8-5-9-18(20)29-3/h5,8-12,14,16H,4,6-7H2,1-3H3,(H,24,27)/t14-,16+/m0/s1. The molecule has 8 heteroatoms. The molecule has 6 nitrogen and oxygen atoms in total. The summed E-state index contributed by atoms with van der Waals surface area (Å²) in [7, 11) is 5.05. The number of fused-ring (bicyclic) bond motifs is 1. The normalized spacial score (nSPS) is 18.4. The largest absolute Gasteiger partial charge is 0.496 e. The molecule has 0 radical (unpaired) electrons. The molecule has 1 fully saturated rings.